The molecule has 1 aromatic rings. The number of rotatable bonds is 5. The second-order valence-electron chi connectivity index (χ2n) is 5.71. The summed E-state index contributed by atoms with van der Waals surface area (Å²) in [5, 5.41) is 9.51. The van der Waals surface area contributed by atoms with Crippen LogP contribution in [0.25, 0.3) is 0 Å². The Morgan fingerprint density at radius 3 is 2.53 bits per heavy atom. The minimum atomic E-state index is -0.108. The lowest BCUT2D eigenvalue weighted by molar-refractivity contribution is -0.127. The summed E-state index contributed by atoms with van der Waals surface area (Å²) in [6.07, 6.45) is 4.92. The second kappa shape index (κ2) is 4.81. The Kier molecular flexibility index (Phi) is 3.28. The molecule has 2 aliphatic rings. The first-order valence-corrected chi connectivity index (χ1v) is 7.78. The van der Waals surface area contributed by atoms with Gasteiger partial charge in [0.2, 0.25) is 5.91 Å². The normalized spacial score (nSPS) is 20.4. The topological polar surface area (TPSA) is 51.0 Å². The van der Waals surface area contributed by atoms with E-state index in [4.69, 9.17) is 0 Å². The average molecular weight is 280 g/mol. The van der Waals surface area contributed by atoms with Crippen molar-refractivity contribution in [3.63, 3.8) is 0 Å². The van der Waals surface area contributed by atoms with Gasteiger partial charge in [-0.2, -0.15) is 0 Å². The highest BCUT2D eigenvalue weighted by Crippen LogP contribution is 2.46. The van der Waals surface area contributed by atoms with Gasteiger partial charge in [0.05, 0.1) is 5.25 Å². The molecule has 1 aromatic heterocycles. The van der Waals surface area contributed by atoms with Crippen LogP contribution in [-0.2, 0) is 4.79 Å². The number of amides is 1. The van der Waals surface area contributed by atoms with Crippen LogP contribution in [-0.4, -0.2) is 44.9 Å². The monoisotopic (exact) mass is 280 g/mol. The first kappa shape index (κ1) is 13.0. The number of hydrogen-bond donors (Lipinski definition) is 0. The van der Waals surface area contributed by atoms with E-state index in [9.17, 15) is 4.79 Å². The summed E-state index contributed by atoms with van der Waals surface area (Å²) in [7, 11) is 3.58. The van der Waals surface area contributed by atoms with Gasteiger partial charge >= 0.3 is 0 Å². The first-order valence-electron chi connectivity index (χ1n) is 6.90. The molecular weight excluding hydrogens is 260 g/mol. The number of nitrogens with zero attached hydrogens (tertiary/aromatic N) is 4. The molecule has 0 aliphatic heterocycles. The van der Waals surface area contributed by atoms with Crippen LogP contribution in [0.5, 0.6) is 0 Å². The molecule has 0 bridgehead atoms. The van der Waals surface area contributed by atoms with Crippen molar-refractivity contribution in [3.8, 4) is 0 Å². The van der Waals surface area contributed by atoms with Crippen molar-refractivity contribution in [2.24, 2.45) is 0 Å². The van der Waals surface area contributed by atoms with Gasteiger partial charge in [-0.1, -0.05) is 11.8 Å². The van der Waals surface area contributed by atoms with Crippen LogP contribution >= 0.6 is 11.8 Å². The fourth-order valence-corrected chi connectivity index (χ4v) is 3.31. The standard InChI is InChI=1S/C13H20N4OS/c1-8(12(18)16(2)3)19-13-15-14-11(9-4-5-9)17(13)10-6-7-10/h8-10H,4-7H2,1-3H3. The molecule has 0 spiro atoms. The molecule has 19 heavy (non-hydrogen) atoms. The van der Waals surface area contributed by atoms with Gasteiger partial charge in [0.25, 0.3) is 0 Å². The Balaban J connectivity index is 1.79. The van der Waals surface area contributed by atoms with Crippen LogP contribution in [0.15, 0.2) is 5.16 Å². The maximum absolute atomic E-state index is 11.9. The van der Waals surface area contributed by atoms with Crippen LogP contribution in [0.3, 0.4) is 0 Å². The predicted octanol–water partition coefficient (Wildman–Crippen LogP) is 2.06. The average Bonchev–Trinajstić information content (AvgIpc) is 3.27. The van der Waals surface area contributed by atoms with Gasteiger partial charge < -0.3 is 9.47 Å². The van der Waals surface area contributed by atoms with Crippen LogP contribution < -0.4 is 0 Å². The fraction of sp³-hybridized carbons (Fsp3) is 0.769. The molecule has 1 amide bonds. The largest absolute Gasteiger partial charge is 0.348 e. The summed E-state index contributed by atoms with van der Waals surface area (Å²) in [6.45, 7) is 1.94. The Labute approximate surface area is 117 Å². The van der Waals surface area contributed by atoms with Crippen molar-refractivity contribution >= 4 is 17.7 Å². The molecule has 0 N–H and O–H groups in total. The lowest BCUT2D eigenvalue weighted by atomic mass is 10.4. The van der Waals surface area contributed by atoms with Gasteiger partial charge in [-0.15, -0.1) is 10.2 Å². The van der Waals surface area contributed by atoms with E-state index in [-0.39, 0.29) is 11.2 Å². The van der Waals surface area contributed by atoms with E-state index in [0.717, 1.165) is 11.0 Å². The van der Waals surface area contributed by atoms with Crippen LogP contribution in [0.2, 0.25) is 0 Å². The van der Waals surface area contributed by atoms with Gasteiger partial charge in [-0.05, 0) is 32.6 Å². The van der Waals surface area contributed by atoms with E-state index >= 15 is 0 Å². The molecule has 3 rings (SSSR count). The molecular formula is C13H20N4OS. The summed E-state index contributed by atoms with van der Waals surface area (Å²) in [5.41, 5.74) is 0. The van der Waals surface area contributed by atoms with Crippen molar-refractivity contribution in [1.82, 2.24) is 19.7 Å². The highest BCUT2D eigenvalue weighted by atomic mass is 32.2. The van der Waals surface area contributed by atoms with Gasteiger partial charge in [-0.25, -0.2) is 0 Å². The second-order valence-corrected chi connectivity index (χ2v) is 7.02. The van der Waals surface area contributed by atoms with Crippen molar-refractivity contribution < 1.29 is 4.79 Å². The molecule has 0 saturated heterocycles. The van der Waals surface area contributed by atoms with Gasteiger partial charge in [0.1, 0.15) is 5.82 Å². The summed E-state index contributed by atoms with van der Waals surface area (Å²) >= 11 is 1.54. The highest BCUT2D eigenvalue weighted by Gasteiger charge is 2.37. The van der Waals surface area contributed by atoms with Crippen molar-refractivity contribution in [2.45, 2.75) is 55.0 Å². The molecule has 6 heteroatoms. The van der Waals surface area contributed by atoms with Crippen molar-refractivity contribution in [3.05, 3.63) is 5.82 Å². The van der Waals surface area contributed by atoms with Gasteiger partial charge in [0.15, 0.2) is 5.16 Å². The minimum absolute atomic E-state index is 0.108. The zero-order chi connectivity index (χ0) is 13.6. The van der Waals surface area contributed by atoms with Gasteiger partial charge in [0, 0.05) is 26.1 Å². The van der Waals surface area contributed by atoms with Crippen molar-refractivity contribution in [2.75, 3.05) is 14.1 Å². The van der Waals surface area contributed by atoms with Crippen LogP contribution in [0, 0.1) is 0 Å². The SMILES string of the molecule is CC(Sc1nnc(C2CC2)n1C1CC1)C(=O)N(C)C. The Morgan fingerprint density at radius 2 is 2.00 bits per heavy atom. The minimum Gasteiger partial charge on any atom is -0.348 e. The molecule has 104 valence electrons. The number of hydrogen-bond acceptors (Lipinski definition) is 4. The first-order chi connectivity index (χ1) is 9.08. The van der Waals surface area contributed by atoms with Gasteiger partial charge in [-0.3, -0.25) is 4.79 Å². The molecule has 5 nitrogen and oxygen atoms in total. The zero-order valence-electron chi connectivity index (χ0n) is 11.7. The Bertz CT molecular complexity index is 491. The summed E-state index contributed by atoms with van der Waals surface area (Å²) in [4.78, 5) is 13.6. The van der Waals surface area contributed by atoms with Crippen molar-refractivity contribution in [1.29, 1.82) is 0 Å². The highest BCUT2D eigenvalue weighted by molar-refractivity contribution is 8.00. The van der Waals surface area contributed by atoms with Crippen LogP contribution in [0.1, 0.15) is 50.4 Å². The predicted molar refractivity (Wildman–Crippen MR) is 74.3 cm³/mol. The van der Waals surface area contributed by atoms with E-state index in [0.29, 0.717) is 12.0 Å². The molecule has 1 unspecified atom stereocenters. The Hall–Kier alpha value is -1.04. The third-order valence-electron chi connectivity index (χ3n) is 3.62. The quantitative estimate of drug-likeness (QED) is 0.775. The molecule has 1 atom stereocenters. The van der Waals surface area contributed by atoms with E-state index in [1.807, 2.05) is 6.92 Å². The number of carbonyl (C=O) groups is 1. The number of carbonyl (C=O) groups excluding carboxylic acids is 1. The number of aromatic nitrogens is 3. The molecule has 2 aliphatic carbocycles. The smallest absolute Gasteiger partial charge is 0.235 e. The lowest BCUT2D eigenvalue weighted by Gasteiger charge is -2.16. The third kappa shape index (κ3) is 2.63. The van der Waals surface area contributed by atoms with E-state index in [2.05, 4.69) is 14.8 Å². The van der Waals surface area contributed by atoms with Crippen LogP contribution in [0.4, 0.5) is 0 Å². The summed E-state index contributed by atoms with van der Waals surface area (Å²) < 4.78 is 2.29. The third-order valence-corrected chi connectivity index (χ3v) is 4.66. The fourth-order valence-electron chi connectivity index (χ4n) is 2.24. The van der Waals surface area contributed by atoms with E-state index in [1.54, 1.807) is 19.0 Å². The van der Waals surface area contributed by atoms with E-state index < -0.39 is 0 Å². The molecule has 2 saturated carbocycles. The maximum Gasteiger partial charge on any atom is 0.235 e. The molecule has 2 fully saturated rings. The molecule has 1 heterocycles. The maximum atomic E-state index is 11.9. The Morgan fingerprint density at radius 1 is 1.32 bits per heavy atom. The molecule has 0 aromatic carbocycles. The zero-order valence-corrected chi connectivity index (χ0v) is 12.5. The van der Waals surface area contributed by atoms with E-state index in [1.165, 1.54) is 37.4 Å². The summed E-state index contributed by atoms with van der Waals surface area (Å²) in [5.74, 6) is 1.89. The lowest BCUT2D eigenvalue weighted by Crippen LogP contribution is -2.29. The number of thioether (sulfide) groups is 1. The summed E-state index contributed by atoms with van der Waals surface area (Å²) in [6, 6.07) is 0.578. The molecule has 0 radical (unpaired) electrons.